The Kier molecular flexibility index (Phi) is 15.9. The van der Waals surface area contributed by atoms with E-state index in [4.69, 9.17) is 0 Å². The van der Waals surface area contributed by atoms with Crippen molar-refractivity contribution in [3.8, 4) is 0 Å². The highest BCUT2D eigenvalue weighted by Crippen LogP contribution is 2.29. The van der Waals surface area contributed by atoms with Crippen molar-refractivity contribution in [2.45, 2.75) is 122 Å². The molecule has 0 radical (unpaired) electrons. The van der Waals surface area contributed by atoms with E-state index < -0.39 is 11.5 Å². The van der Waals surface area contributed by atoms with Crippen LogP contribution in [0.15, 0.2) is 12.2 Å². The summed E-state index contributed by atoms with van der Waals surface area (Å²) in [4.78, 5) is 24.9. The summed E-state index contributed by atoms with van der Waals surface area (Å²) < 4.78 is 0.153. The first-order valence-corrected chi connectivity index (χ1v) is 12.5. The zero-order chi connectivity index (χ0) is 22.9. The highest BCUT2D eigenvalue weighted by molar-refractivity contribution is 6.06. The van der Waals surface area contributed by atoms with Crippen LogP contribution in [0.25, 0.3) is 0 Å². The van der Waals surface area contributed by atoms with E-state index in [0.29, 0.717) is 19.3 Å². The molecule has 4 nitrogen and oxygen atoms in total. The molecule has 0 aromatic rings. The average molecular weight is 425 g/mol. The number of carboxylic acids is 1. The Morgan fingerprint density at radius 2 is 1.20 bits per heavy atom. The second kappa shape index (κ2) is 16.5. The highest BCUT2D eigenvalue weighted by atomic mass is 16.4. The smallest absolute Gasteiger partial charge is 0.373 e. The second-order valence-corrected chi connectivity index (χ2v) is 9.69. The number of Topliss-reactive ketones (excluding diaryl/α,β-unsaturated/α-hetero) is 1. The maximum absolute atomic E-state index is 12.9. The van der Waals surface area contributed by atoms with Gasteiger partial charge in [0.2, 0.25) is 5.78 Å². The average Bonchev–Trinajstić information content (AvgIpc) is 2.67. The largest absolute Gasteiger partial charge is 0.476 e. The third-order valence-corrected chi connectivity index (χ3v) is 6.24. The number of ketones is 1. The number of allylic oxidation sites excluding steroid dienone is 2. The predicted molar refractivity (Wildman–Crippen MR) is 128 cm³/mol. The van der Waals surface area contributed by atoms with Gasteiger partial charge >= 0.3 is 5.97 Å². The van der Waals surface area contributed by atoms with Crippen molar-refractivity contribution in [3.05, 3.63) is 12.2 Å². The molecule has 0 aliphatic rings. The van der Waals surface area contributed by atoms with E-state index in [1.54, 1.807) is 0 Å². The lowest BCUT2D eigenvalue weighted by molar-refractivity contribution is -0.903. The van der Waals surface area contributed by atoms with E-state index >= 15 is 0 Å². The summed E-state index contributed by atoms with van der Waals surface area (Å²) in [6, 6.07) is 0. The fraction of sp³-hybridized carbons (Fsp3) is 0.846. The number of aliphatic carboxylic acids is 1. The zero-order valence-electron chi connectivity index (χ0n) is 20.7. The number of carbonyl (C=O) groups excluding carboxylic acids is 1. The van der Waals surface area contributed by atoms with Gasteiger partial charge in [0.05, 0.1) is 21.1 Å². The van der Waals surface area contributed by atoms with Gasteiger partial charge in [0.25, 0.3) is 5.54 Å². The number of hydrogen-bond donors (Lipinski definition) is 1. The van der Waals surface area contributed by atoms with E-state index in [1.165, 1.54) is 57.8 Å². The van der Waals surface area contributed by atoms with Gasteiger partial charge in [-0.15, -0.1) is 0 Å². The van der Waals surface area contributed by atoms with Gasteiger partial charge in [-0.3, -0.25) is 4.79 Å². The van der Waals surface area contributed by atoms with E-state index in [1.807, 2.05) is 28.1 Å². The maximum atomic E-state index is 12.9. The molecule has 0 heterocycles. The number of carboxylic acid groups (broad SMARTS) is 1. The lowest BCUT2D eigenvalue weighted by Crippen LogP contribution is -2.66. The zero-order valence-corrected chi connectivity index (χ0v) is 20.7. The monoisotopic (exact) mass is 424 g/mol. The lowest BCUT2D eigenvalue weighted by atomic mass is 9.83. The molecule has 30 heavy (non-hydrogen) atoms. The van der Waals surface area contributed by atoms with Gasteiger partial charge in [0.15, 0.2) is 0 Å². The maximum Gasteiger partial charge on any atom is 0.373 e. The molecule has 0 aliphatic carbocycles. The molecule has 0 fully saturated rings. The summed E-state index contributed by atoms with van der Waals surface area (Å²) in [5.74, 6) is -1.09. The molecule has 1 unspecified atom stereocenters. The van der Waals surface area contributed by atoms with Crippen LogP contribution in [-0.2, 0) is 9.59 Å². The predicted octanol–water partition coefficient (Wildman–Crippen LogP) is 6.92. The van der Waals surface area contributed by atoms with Crippen LogP contribution in [0.2, 0.25) is 0 Å². The normalized spacial score (nSPS) is 14.2. The van der Waals surface area contributed by atoms with Gasteiger partial charge in [-0.2, -0.15) is 0 Å². The van der Waals surface area contributed by atoms with Gasteiger partial charge in [-0.25, -0.2) is 4.79 Å². The Bertz CT molecular complexity index is 493. The molecule has 0 spiro atoms. The second-order valence-electron chi connectivity index (χ2n) is 9.69. The van der Waals surface area contributed by atoms with Gasteiger partial charge in [-0.1, -0.05) is 77.4 Å². The van der Waals surface area contributed by atoms with Gasteiger partial charge in [0.1, 0.15) is 0 Å². The molecule has 0 aliphatic heterocycles. The van der Waals surface area contributed by atoms with Crippen LogP contribution >= 0.6 is 0 Å². The number of hydrogen-bond acceptors (Lipinski definition) is 2. The van der Waals surface area contributed by atoms with E-state index in [0.717, 1.165) is 25.7 Å². The van der Waals surface area contributed by atoms with E-state index in [2.05, 4.69) is 19.1 Å². The van der Waals surface area contributed by atoms with Gasteiger partial charge in [0, 0.05) is 12.8 Å². The summed E-state index contributed by atoms with van der Waals surface area (Å²) in [6.45, 7) is 4.20. The van der Waals surface area contributed by atoms with E-state index in [-0.39, 0.29) is 10.3 Å². The first-order chi connectivity index (χ1) is 14.2. The van der Waals surface area contributed by atoms with Crippen molar-refractivity contribution in [1.82, 2.24) is 0 Å². The number of rotatable bonds is 20. The third kappa shape index (κ3) is 10.7. The lowest BCUT2D eigenvalue weighted by Gasteiger charge is -2.41. The first-order valence-electron chi connectivity index (χ1n) is 12.5. The summed E-state index contributed by atoms with van der Waals surface area (Å²) in [7, 11) is 5.46. The molecule has 0 saturated carbocycles. The van der Waals surface area contributed by atoms with Crippen LogP contribution in [0.1, 0.15) is 117 Å². The van der Waals surface area contributed by atoms with Crippen molar-refractivity contribution < 1.29 is 19.2 Å². The van der Waals surface area contributed by atoms with Crippen LogP contribution in [0.3, 0.4) is 0 Å². The molecule has 4 heteroatoms. The summed E-state index contributed by atoms with van der Waals surface area (Å²) in [5.41, 5.74) is -1.31. The SMILES string of the molecule is CCCCCCCCC=CCCCCCCCC(=O)C(CCC)(C(=O)O)[N+](C)(C)C. The standard InChI is InChI=1S/C26H49NO3/c1-6-8-9-10-11-12-13-14-15-16-17-18-19-20-21-22-24(28)26(23-7-2,25(29)30)27(3,4)5/h14-15H,6-13,16-23H2,1-5H3/p+1. The van der Waals surface area contributed by atoms with Crippen molar-refractivity contribution in [3.63, 3.8) is 0 Å². The quantitative estimate of drug-likeness (QED) is 0.0998. The van der Waals surface area contributed by atoms with Crippen LogP contribution in [-0.4, -0.2) is 48.0 Å². The number of unbranched alkanes of at least 4 members (excludes halogenated alkanes) is 11. The Hall–Kier alpha value is -1.16. The number of likely N-dealkylation sites (N-methyl/N-ethyl adjacent to an activating group) is 1. The summed E-state index contributed by atoms with van der Waals surface area (Å²) >= 11 is 0. The summed E-state index contributed by atoms with van der Waals surface area (Å²) in [5, 5.41) is 9.84. The Morgan fingerprint density at radius 3 is 1.63 bits per heavy atom. The Balaban J connectivity index is 3.96. The number of carbonyl (C=O) groups is 2. The fourth-order valence-corrected chi connectivity index (χ4v) is 4.29. The van der Waals surface area contributed by atoms with Crippen LogP contribution in [0.5, 0.6) is 0 Å². The molecule has 0 aromatic carbocycles. The van der Waals surface area contributed by atoms with Crippen LogP contribution < -0.4 is 0 Å². The molecule has 0 rings (SSSR count). The molecule has 176 valence electrons. The minimum absolute atomic E-state index is 0.109. The van der Waals surface area contributed by atoms with Gasteiger partial charge in [-0.05, 0) is 38.5 Å². The molecule has 1 N–H and O–H groups in total. The van der Waals surface area contributed by atoms with Crippen molar-refractivity contribution in [2.75, 3.05) is 21.1 Å². The minimum atomic E-state index is -1.31. The Morgan fingerprint density at radius 1 is 0.733 bits per heavy atom. The molecule has 0 saturated heterocycles. The van der Waals surface area contributed by atoms with Crippen molar-refractivity contribution >= 4 is 11.8 Å². The first kappa shape index (κ1) is 28.8. The van der Waals surface area contributed by atoms with Crippen molar-refractivity contribution in [1.29, 1.82) is 0 Å². The number of quaternary nitrogens is 1. The molecular formula is C26H50NO3+. The summed E-state index contributed by atoms with van der Waals surface area (Å²) in [6.07, 6.45) is 21.9. The number of nitrogens with zero attached hydrogens (tertiary/aromatic N) is 1. The molecule has 0 amide bonds. The minimum Gasteiger partial charge on any atom is -0.476 e. The molecule has 0 aromatic heterocycles. The van der Waals surface area contributed by atoms with Crippen LogP contribution in [0, 0.1) is 0 Å². The fourth-order valence-electron chi connectivity index (χ4n) is 4.29. The van der Waals surface area contributed by atoms with E-state index in [9.17, 15) is 14.7 Å². The topological polar surface area (TPSA) is 54.4 Å². The molecular weight excluding hydrogens is 374 g/mol. The molecule has 0 bridgehead atoms. The van der Waals surface area contributed by atoms with Gasteiger partial charge < -0.3 is 9.59 Å². The molecule has 1 atom stereocenters. The third-order valence-electron chi connectivity index (χ3n) is 6.24. The Labute approximate surface area is 186 Å². The van der Waals surface area contributed by atoms with Crippen LogP contribution in [0.4, 0.5) is 0 Å². The van der Waals surface area contributed by atoms with Crippen molar-refractivity contribution in [2.24, 2.45) is 0 Å². The highest BCUT2D eigenvalue weighted by Gasteiger charge is 2.55.